The molecule has 1 N–H and O–H groups in total. The molecule has 0 spiro atoms. The molecule has 1 amide bonds. The van der Waals surface area contributed by atoms with Gasteiger partial charge in [0, 0.05) is 10.0 Å². The molecule has 4 rings (SSSR count). The van der Waals surface area contributed by atoms with Crippen molar-refractivity contribution in [3.8, 4) is 5.75 Å². The quantitative estimate of drug-likeness (QED) is 0.278. The summed E-state index contributed by atoms with van der Waals surface area (Å²) in [6.07, 6.45) is 0. The van der Waals surface area contributed by atoms with Crippen molar-refractivity contribution in [1.29, 1.82) is 0 Å². The van der Waals surface area contributed by atoms with Crippen LogP contribution in [-0.4, -0.2) is 22.1 Å². The fraction of sp³-hybridized carbons (Fsp3) is 0.286. The molecule has 0 aliphatic heterocycles. The van der Waals surface area contributed by atoms with Gasteiger partial charge in [-0.05, 0) is 73.4 Å². The second kappa shape index (κ2) is 10.4. The number of nitrogens with zero attached hydrogens (tertiary/aromatic N) is 2. The highest BCUT2D eigenvalue weighted by Gasteiger charge is 2.19. The standard InChI is InChI=1S/C28H30BrN3O2/c1-18(2)23-14-9-19(3)17-26(23)34-16-15-32-25-8-6-5-7-24(25)31-27(32)20(4)30-28(33)21-10-12-22(29)13-11-21/h5-14,17-18,20H,15-16H2,1-4H3,(H,30,33). The Balaban J connectivity index is 1.55. The number of nitrogens with one attached hydrogen (secondary N) is 1. The van der Waals surface area contributed by atoms with Gasteiger partial charge in [0.05, 0.1) is 23.6 Å². The van der Waals surface area contributed by atoms with Gasteiger partial charge >= 0.3 is 0 Å². The molecule has 0 fully saturated rings. The van der Waals surface area contributed by atoms with E-state index in [0.717, 1.165) is 27.1 Å². The zero-order valence-corrected chi connectivity index (χ0v) is 21.6. The molecule has 1 aromatic heterocycles. The lowest BCUT2D eigenvalue weighted by Gasteiger charge is -2.18. The maximum absolute atomic E-state index is 12.8. The summed E-state index contributed by atoms with van der Waals surface area (Å²) >= 11 is 3.41. The Morgan fingerprint density at radius 2 is 1.79 bits per heavy atom. The summed E-state index contributed by atoms with van der Waals surface area (Å²) in [5, 5.41) is 3.09. The van der Waals surface area contributed by atoms with Gasteiger partial charge in [-0.15, -0.1) is 0 Å². The minimum Gasteiger partial charge on any atom is -0.491 e. The Morgan fingerprint density at radius 1 is 1.06 bits per heavy atom. The number of halogens is 1. The minimum absolute atomic E-state index is 0.129. The minimum atomic E-state index is -0.270. The maximum Gasteiger partial charge on any atom is 0.251 e. The SMILES string of the molecule is Cc1ccc(C(C)C)c(OCCn2c(C(C)NC(=O)c3ccc(Br)cc3)nc3ccccc32)c1. The zero-order valence-electron chi connectivity index (χ0n) is 20.0. The first kappa shape index (κ1) is 24.0. The number of hydrogen-bond acceptors (Lipinski definition) is 3. The summed E-state index contributed by atoms with van der Waals surface area (Å²) < 4.78 is 9.34. The van der Waals surface area contributed by atoms with Gasteiger partial charge in [-0.1, -0.05) is 54.0 Å². The third-order valence-electron chi connectivity index (χ3n) is 5.89. The van der Waals surface area contributed by atoms with Crippen LogP contribution in [0.5, 0.6) is 5.75 Å². The Kier molecular flexibility index (Phi) is 7.37. The third-order valence-corrected chi connectivity index (χ3v) is 6.42. The first-order chi connectivity index (χ1) is 16.3. The molecule has 5 nitrogen and oxygen atoms in total. The van der Waals surface area contributed by atoms with Crippen molar-refractivity contribution < 1.29 is 9.53 Å². The van der Waals surface area contributed by atoms with Gasteiger partial charge in [0.1, 0.15) is 18.2 Å². The van der Waals surface area contributed by atoms with Crippen molar-refractivity contribution >= 4 is 32.9 Å². The summed E-state index contributed by atoms with van der Waals surface area (Å²) in [6.45, 7) is 9.52. The smallest absolute Gasteiger partial charge is 0.251 e. The topological polar surface area (TPSA) is 56.1 Å². The highest BCUT2D eigenvalue weighted by atomic mass is 79.9. The molecule has 0 saturated carbocycles. The normalized spacial score (nSPS) is 12.2. The van der Waals surface area contributed by atoms with Crippen LogP contribution in [0.2, 0.25) is 0 Å². The molecule has 3 aromatic carbocycles. The van der Waals surface area contributed by atoms with Crippen LogP contribution in [0.25, 0.3) is 11.0 Å². The first-order valence-electron chi connectivity index (χ1n) is 11.6. The van der Waals surface area contributed by atoms with E-state index in [1.807, 2.05) is 37.3 Å². The number of aromatic nitrogens is 2. The predicted molar refractivity (Wildman–Crippen MR) is 141 cm³/mol. The Hall–Kier alpha value is -3.12. The highest BCUT2D eigenvalue weighted by Crippen LogP contribution is 2.28. The predicted octanol–water partition coefficient (Wildman–Crippen LogP) is 6.80. The van der Waals surface area contributed by atoms with Crippen molar-refractivity contribution in [2.75, 3.05) is 6.61 Å². The lowest BCUT2D eigenvalue weighted by atomic mass is 10.0. The van der Waals surface area contributed by atoms with Crippen molar-refractivity contribution in [2.45, 2.75) is 46.2 Å². The number of rotatable bonds is 8. The second-order valence-corrected chi connectivity index (χ2v) is 9.77. The molecule has 34 heavy (non-hydrogen) atoms. The van der Waals surface area contributed by atoms with Gasteiger partial charge in [-0.25, -0.2) is 4.98 Å². The maximum atomic E-state index is 12.8. The summed E-state index contributed by atoms with van der Waals surface area (Å²) in [7, 11) is 0. The van der Waals surface area contributed by atoms with Crippen LogP contribution in [0.4, 0.5) is 0 Å². The lowest BCUT2D eigenvalue weighted by molar-refractivity contribution is 0.0937. The van der Waals surface area contributed by atoms with Crippen LogP contribution in [0.1, 0.15) is 60.0 Å². The van der Waals surface area contributed by atoms with E-state index < -0.39 is 0 Å². The van der Waals surface area contributed by atoms with Gasteiger partial charge in [0.15, 0.2) is 0 Å². The molecule has 1 heterocycles. The summed E-state index contributed by atoms with van der Waals surface area (Å²) in [4.78, 5) is 17.7. The van der Waals surface area contributed by atoms with Crippen LogP contribution >= 0.6 is 15.9 Å². The van der Waals surface area contributed by atoms with E-state index in [1.54, 1.807) is 12.1 Å². The van der Waals surface area contributed by atoms with E-state index in [1.165, 1.54) is 11.1 Å². The van der Waals surface area contributed by atoms with E-state index in [4.69, 9.17) is 9.72 Å². The number of para-hydroxylation sites is 2. The zero-order chi connectivity index (χ0) is 24.2. The average molecular weight is 520 g/mol. The number of aryl methyl sites for hydroxylation is 1. The van der Waals surface area contributed by atoms with Gasteiger partial charge in [0.2, 0.25) is 0 Å². The molecule has 4 aromatic rings. The average Bonchev–Trinajstić information content (AvgIpc) is 3.18. The van der Waals surface area contributed by atoms with Crippen LogP contribution in [0.15, 0.2) is 71.2 Å². The molecule has 0 radical (unpaired) electrons. The highest BCUT2D eigenvalue weighted by molar-refractivity contribution is 9.10. The van der Waals surface area contributed by atoms with Gasteiger partial charge in [-0.3, -0.25) is 4.79 Å². The van der Waals surface area contributed by atoms with E-state index in [-0.39, 0.29) is 11.9 Å². The fourth-order valence-corrected chi connectivity index (χ4v) is 4.36. The molecular formula is C28H30BrN3O2. The monoisotopic (exact) mass is 519 g/mol. The van der Waals surface area contributed by atoms with Crippen molar-refractivity contribution in [3.05, 3.63) is 93.7 Å². The number of imidazole rings is 1. The first-order valence-corrected chi connectivity index (χ1v) is 12.4. The van der Waals surface area contributed by atoms with Crippen molar-refractivity contribution in [3.63, 3.8) is 0 Å². The van der Waals surface area contributed by atoms with Gasteiger partial charge < -0.3 is 14.6 Å². The van der Waals surface area contributed by atoms with E-state index in [9.17, 15) is 4.79 Å². The van der Waals surface area contributed by atoms with Crippen molar-refractivity contribution in [1.82, 2.24) is 14.9 Å². The van der Waals surface area contributed by atoms with Crippen molar-refractivity contribution in [2.24, 2.45) is 0 Å². The summed E-state index contributed by atoms with van der Waals surface area (Å²) in [5.41, 5.74) is 4.93. The molecule has 1 unspecified atom stereocenters. The number of carbonyl (C=O) groups excluding carboxylic acids is 1. The number of ether oxygens (including phenoxy) is 1. The number of hydrogen-bond donors (Lipinski definition) is 1. The molecule has 0 bridgehead atoms. The molecule has 0 saturated heterocycles. The largest absolute Gasteiger partial charge is 0.491 e. The second-order valence-electron chi connectivity index (χ2n) is 8.86. The third kappa shape index (κ3) is 5.33. The van der Waals surface area contributed by atoms with Gasteiger partial charge in [-0.2, -0.15) is 0 Å². The Bertz CT molecular complexity index is 1300. The van der Waals surface area contributed by atoms with Gasteiger partial charge in [0.25, 0.3) is 5.91 Å². The molecule has 0 aliphatic rings. The van der Waals surface area contributed by atoms with E-state index >= 15 is 0 Å². The Morgan fingerprint density at radius 3 is 2.53 bits per heavy atom. The van der Waals surface area contributed by atoms with Crippen LogP contribution in [0.3, 0.4) is 0 Å². The number of fused-ring (bicyclic) bond motifs is 1. The Labute approximate surface area is 209 Å². The summed E-state index contributed by atoms with van der Waals surface area (Å²) in [5.74, 6) is 1.99. The molecular weight excluding hydrogens is 490 g/mol. The fourth-order valence-electron chi connectivity index (χ4n) is 4.10. The molecule has 176 valence electrons. The lowest BCUT2D eigenvalue weighted by Crippen LogP contribution is -2.29. The van der Waals surface area contributed by atoms with E-state index in [0.29, 0.717) is 24.6 Å². The van der Waals surface area contributed by atoms with Crippen LogP contribution < -0.4 is 10.1 Å². The van der Waals surface area contributed by atoms with E-state index in [2.05, 4.69) is 70.9 Å². The number of benzene rings is 3. The van der Waals surface area contributed by atoms with Crippen LogP contribution in [0, 0.1) is 6.92 Å². The number of amides is 1. The molecule has 6 heteroatoms. The summed E-state index contributed by atoms with van der Waals surface area (Å²) in [6, 6.07) is 21.5. The number of carbonyl (C=O) groups is 1. The van der Waals surface area contributed by atoms with Crippen LogP contribution in [-0.2, 0) is 6.54 Å². The molecule has 1 atom stereocenters. The molecule has 0 aliphatic carbocycles.